The van der Waals surface area contributed by atoms with Crippen LogP contribution < -0.4 is 5.32 Å². The summed E-state index contributed by atoms with van der Waals surface area (Å²) in [6.45, 7) is 1.62. The predicted octanol–water partition coefficient (Wildman–Crippen LogP) is 1.23. The molecular weight excluding hydrogens is 284 g/mol. The number of methoxy groups -OCH3 is 1. The Labute approximate surface area is 121 Å². The van der Waals surface area contributed by atoms with Crippen LogP contribution in [0.3, 0.4) is 0 Å². The Kier molecular flexibility index (Phi) is 4.75. The van der Waals surface area contributed by atoms with Crippen LogP contribution >= 0.6 is 11.6 Å². The summed E-state index contributed by atoms with van der Waals surface area (Å²) in [5.41, 5.74) is 0.919. The molecule has 1 aromatic rings. The minimum Gasteiger partial charge on any atom is -0.378 e. The van der Waals surface area contributed by atoms with E-state index in [9.17, 15) is 10.1 Å². The van der Waals surface area contributed by atoms with Crippen molar-refractivity contribution in [2.75, 3.05) is 20.2 Å². The normalized spacial score (nSPS) is 20.8. The zero-order valence-electron chi connectivity index (χ0n) is 11.0. The molecule has 1 aliphatic heterocycles. The van der Waals surface area contributed by atoms with Crippen molar-refractivity contribution < 1.29 is 9.66 Å². The Hall–Kier alpha value is -1.86. The number of aromatic nitrogens is 1. The van der Waals surface area contributed by atoms with E-state index in [1.54, 1.807) is 19.4 Å². The van der Waals surface area contributed by atoms with Crippen LogP contribution in [-0.4, -0.2) is 41.1 Å². The van der Waals surface area contributed by atoms with Gasteiger partial charge in [0.05, 0.1) is 11.0 Å². The van der Waals surface area contributed by atoms with E-state index in [1.807, 2.05) is 11.0 Å². The van der Waals surface area contributed by atoms with Gasteiger partial charge in [-0.25, -0.2) is 4.98 Å². The summed E-state index contributed by atoms with van der Waals surface area (Å²) in [5, 5.41) is 14.1. The van der Waals surface area contributed by atoms with Gasteiger partial charge in [-0.05, 0) is 11.6 Å². The lowest BCUT2D eigenvalue weighted by Crippen LogP contribution is -2.48. The Bertz CT molecular complexity index is 506. The lowest BCUT2D eigenvalue weighted by molar-refractivity contribution is -0.405. The highest BCUT2D eigenvalue weighted by Gasteiger charge is 2.24. The molecule has 0 bridgehead atoms. The number of hydrogen-bond acceptors (Lipinski definition) is 6. The van der Waals surface area contributed by atoms with E-state index in [2.05, 4.69) is 10.3 Å². The quantitative estimate of drug-likeness (QED) is 0.511. The molecule has 0 spiro atoms. The first-order valence-electron chi connectivity index (χ1n) is 6.06. The second kappa shape index (κ2) is 6.53. The van der Waals surface area contributed by atoms with Crippen molar-refractivity contribution in [3.8, 4) is 0 Å². The van der Waals surface area contributed by atoms with Crippen molar-refractivity contribution in [1.82, 2.24) is 15.2 Å². The Morgan fingerprint density at radius 3 is 3.10 bits per heavy atom. The minimum absolute atomic E-state index is 0.0147. The molecule has 1 unspecified atom stereocenters. The number of ether oxygens (including phenoxy) is 1. The molecule has 0 aliphatic carbocycles. The van der Waals surface area contributed by atoms with E-state index in [1.165, 1.54) is 0 Å². The zero-order chi connectivity index (χ0) is 14.5. The average molecular weight is 299 g/mol. The van der Waals surface area contributed by atoms with Crippen LogP contribution in [0.1, 0.15) is 5.56 Å². The number of nitrogens with one attached hydrogen (secondary N) is 1. The van der Waals surface area contributed by atoms with Gasteiger partial charge >= 0.3 is 0 Å². The third kappa shape index (κ3) is 3.82. The van der Waals surface area contributed by atoms with Crippen LogP contribution in [-0.2, 0) is 11.3 Å². The summed E-state index contributed by atoms with van der Waals surface area (Å²) in [6.07, 6.45) is 2.61. The van der Waals surface area contributed by atoms with Crippen molar-refractivity contribution in [3.63, 3.8) is 0 Å². The van der Waals surface area contributed by atoms with Crippen LogP contribution in [0.2, 0.25) is 5.15 Å². The van der Waals surface area contributed by atoms with Gasteiger partial charge in [0.1, 0.15) is 5.15 Å². The van der Waals surface area contributed by atoms with Crippen LogP contribution in [0.5, 0.6) is 0 Å². The van der Waals surface area contributed by atoms with Gasteiger partial charge in [0.25, 0.3) is 6.20 Å². The highest BCUT2D eigenvalue weighted by molar-refractivity contribution is 6.29. The van der Waals surface area contributed by atoms with Gasteiger partial charge in [0, 0.05) is 32.9 Å². The number of nitro groups is 1. The smallest absolute Gasteiger partial charge is 0.274 e. The summed E-state index contributed by atoms with van der Waals surface area (Å²) in [7, 11) is 1.62. The summed E-state index contributed by atoms with van der Waals surface area (Å²) in [6, 6.07) is 3.54. The molecule has 20 heavy (non-hydrogen) atoms. The maximum absolute atomic E-state index is 10.7. The maximum atomic E-state index is 10.7. The SMILES string of the molecule is COC1CN/C(=C/[N+](=O)[O-])N(Cc2ccc(Cl)nc2)C1. The van der Waals surface area contributed by atoms with Crippen LogP contribution in [0.25, 0.3) is 0 Å². The molecule has 1 aliphatic rings. The molecule has 0 radical (unpaired) electrons. The number of hydrogen-bond donors (Lipinski definition) is 1. The first kappa shape index (κ1) is 14.5. The third-order valence-electron chi connectivity index (χ3n) is 3.00. The van der Waals surface area contributed by atoms with Gasteiger partial charge in [-0.15, -0.1) is 0 Å². The molecule has 0 aromatic carbocycles. The molecule has 1 fully saturated rings. The number of rotatable bonds is 4. The number of pyridine rings is 1. The first-order chi connectivity index (χ1) is 9.58. The average Bonchev–Trinajstić information content (AvgIpc) is 2.42. The fourth-order valence-electron chi connectivity index (χ4n) is 1.99. The monoisotopic (exact) mass is 298 g/mol. The largest absolute Gasteiger partial charge is 0.378 e. The standard InChI is InChI=1S/C12H15ClN4O3/c1-20-10-5-15-12(8-17(18)19)16(7-10)6-9-2-3-11(13)14-4-9/h2-4,8,10,15H,5-7H2,1H3/b12-8-. The molecule has 0 saturated carbocycles. The summed E-state index contributed by atoms with van der Waals surface area (Å²) < 4.78 is 5.29. The molecular formula is C12H15ClN4O3. The minimum atomic E-state index is -0.470. The van der Waals surface area contributed by atoms with E-state index in [-0.39, 0.29) is 6.10 Å². The van der Waals surface area contributed by atoms with E-state index in [0.29, 0.717) is 30.6 Å². The van der Waals surface area contributed by atoms with Gasteiger partial charge < -0.3 is 15.0 Å². The molecule has 2 rings (SSSR count). The van der Waals surface area contributed by atoms with Crippen molar-refractivity contribution >= 4 is 11.6 Å². The Morgan fingerprint density at radius 2 is 2.50 bits per heavy atom. The van der Waals surface area contributed by atoms with Gasteiger partial charge in [0.2, 0.25) is 0 Å². The molecule has 108 valence electrons. The van der Waals surface area contributed by atoms with Crippen molar-refractivity contribution in [3.05, 3.63) is 51.2 Å². The lowest BCUT2D eigenvalue weighted by Gasteiger charge is -2.35. The summed E-state index contributed by atoms with van der Waals surface area (Å²) in [5.74, 6) is 0.471. The van der Waals surface area contributed by atoms with Crippen molar-refractivity contribution in [2.45, 2.75) is 12.6 Å². The third-order valence-corrected chi connectivity index (χ3v) is 3.22. The molecule has 1 atom stereocenters. The van der Waals surface area contributed by atoms with Crippen molar-refractivity contribution in [1.29, 1.82) is 0 Å². The van der Waals surface area contributed by atoms with Crippen LogP contribution in [0.4, 0.5) is 0 Å². The molecule has 8 heteroatoms. The first-order valence-corrected chi connectivity index (χ1v) is 6.43. The predicted molar refractivity (Wildman–Crippen MR) is 73.5 cm³/mol. The Morgan fingerprint density at radius 1 is 1.70 bits per heavy atom. The van der Waals surface area contributed by atoms with Gasteiger partial charge in [-0.1, -0.05) is 17.7 Å². The summed E-state index contributed by atoms with van der Waals surface area (Å²) >= 11 is 5.74. The van der Waals surface area contributed by atoms with E-state index < -0.39 is 4.92 Å². The van der Waals surface area contributed by atoms with Gasteiger partial charge in [-0.3, -0.25) is 10.1 Å². The lowest BCUT2D eigenvalue weighted by atomic mass is 10.2. The highest BCUT2D eigenvalue weighted by atomic mass is 35.5. The van der Waals surface area contributed by atoms with Crippen LogP contribution in [0.15, 0.2) is 30.4 Å². The van der Waals surface area contributed by atoms with E-state index in [0.717, 1.165) is 11.8 Å². The zero-order valence-corrected chi connectivity index (χ0v) is 11.7. The van der Waals surface area contributed by atoms with E-state index in [4.69, 9.17) is 16.3 Å². The van der Waals surface area contributed by atoms with Gasteiger partial charge in [-0.2, -0.15) is 0 Å². The van der Waals surface area contributed by atoms with Crippen molar-refractivity contribution in [2.24, 2.45) is 0 Å². The fraction of sp³-hybridized carbons (Fsp3) is 0.417. The molecule has 2 heterocycles. The topological polar surface area (TPSA) is 80.5 Å². The number of halogens is 1. The van der Waals surface area contributed by atoms with E-state index >= 15 is 0 Å². The number of nitrogens with zero attached hydrogens (tertiary/aromatic N) is 3. The Balaban J connectivity index is 2.14. The second-order valence-electron chi connectivity index (χ2n) is 4.41. The second-order valence-corrected chi connectivity index (χ2v) is 4.80. The fourth-order valence-corrected chi connectivity index (χ4v) is 2.11. The summed E-state index contributed by atoms with van der Waals surface area (Å²) in [4.78, 5) is 16.0. The molecule has 1 aromatic heterocycles. The molecule has 1 N–H and O–H groups in total. The van der Waals surface area contributed by atoms with Gasteiger partial charge in [0.15, 0.2) is 5.82 Å². The maximum Gasteiger partial charge on any atom is 0.274 e. The molecule has 1 saturated heterocycles. The molecule has 7 nitrogen and oxygen atoms in total. The molecule has 0 amide bonds. The highest BCUT2D eigenvalue weighted by Crippen LogP contribution is 2.15. The van der Waals surface area contributed by atoms with Crippen LogP contribution in [0, 0.1) is 10.1 Å².